The van der Waals surface area contributed by atoms with Crippen molar-refractivity contribution in [1.29, 1.82) is 0 Å². The second-order valence-electron chi connectivity index (χ2n) is 4.48. The molecule has 0 aliphatic heterocycles. The number of carboxylic acid groups (broad SMARTS) is 1. The minimum atomic E-state index is -0.950. The molecule has 3 rings (SSSR count). The molecular formula is C15H11BrN2O2. The third-order valence-corrected chi connectivity index (χ3v) is 3.73. The number of aromatic carboxylic acids is 1. The molecule has 1 aromatic heterocycles. The van der Waals surface area contributed by atoms with Crippen molar-refractivity contribution in [2.45, 2.75) is 0 Å². The number of aryl methyl sites for hydroxylation is 1. The molecule has 0 saturated heterocycles. The van der Waals surface area contributed by atoms with E-state index < -0.39 is 5.97 Å². The maximum Gasteiger partial charge on any atom is 0.336 e. The third-order valence-electron chi connectivity index (χ3n) is 3.24. The summed E-state index contributed by atoms with van der Waals surface area (Å²) in [5.41, 5.74) is 2.67. The Kier molecular flexibility index (Phi) is 3.06. The van der Waals surface area contributed by atoms with Gasteiger partial charge in [0.2, 0.25) is 0 Å². The largest absolute Gasteiger partial charge is 0.478 e. The summed E-state index contributed by atoms with van der Waals surface area (Å²) in [4.78, 5) is 15.9. The number of carbonyl (C=O) groups is 1. The maximum atomic E-state index is 11.3. The van der Waals surface area contributed by atoms with E-state index in [1.807, 2.05) is 35.9 Å². The Balaban J connectivity index is 2.30. The number of fused-ring (bicyclic) bond motifs is 1. The minimum Gasteiger partial charge on any atom is -0.478 e. The lowest BCUT2D eigenvalue weighted by atomic mass is 10.1. The first-order valence-corrected chi connectivity index (χ1v) is 6.82. The molecule has 2 aromatic carbocycles. The fourth-order valence-corrected chi connectivity index (χ4v) is 2.63. The summed E-state index contributed by atoms with van der Waals surface area (Å²) in [7, 11) is 1.89. The van der Waals surface area contributed by atoms with Gasteiger partial charge in [0.1, 0.15) is 5.82 Å². The Morgan fingerprint density at radius 1 is 1.25 bits per heavy atom. The molecule has 20 heavy (non-hydrogen) atoms. The van der Waals surface area contributed by atoms with Crippen LogP contribution >= 0.6 is 15.9 Å². The van der Waals surface area contributed by atoms with Gasteiger partial charge >= 0.3 is 5.97 Å². The van der Waals surface area contributed by atoms with E-state index in [1.54, 1.807) is 18.2 Å². The van der Waals surface area contributed by atoms with Crippen LogP contribution < -0.4 is 0 Å². The zero-order chi connectivity index (χ0) is 14.3. The topological polar surface area (TPSA) is 55.1 Å². The average molecular weight is 331 g/mol. The Bertz CT molecular complexity index is 824. The summed E-state index contributed by atoms with van der Waals surface area (Å²) in [5.74, 6) is -0.301. The van der Waals surface area contributed by atoms with E-state index in [2.05, 4.69) is 20.9 Å². The SMILES string of the molecule is Cn1c(-c2ccccc2C(=O)O)nc2cc(Br)ccc21. The van der Waals surface area contributed by atoms with E-state index in [9.17, 15) is 9.90 Å². The normalized spacial score (nSPS) is 10.9. The lowest BCUT2D eigenvalue weighted by molar-refractivity contribution is 0.0697. The van der Waals surface area contributed by atoms with Gasteiger partial charge in [-0.05, 0) is 24.3 Å². The molecule has 0 aliphatic rings. The van der Waals surface area contributed by atoms with Crippen molar-refractivity contribution >= 4 is 32.9 Å². The molecule has 3 aromatic rings. The van der Waals surface area contributed by atoms with Crippen LogP contribution in [-0.2, 0) is 7.05 Å². The van der Waals surface area contributed by atoms with Crippen LogP contribution in [0.3, 0.4) is 0 Å². The highest BCUT2D eigenvalue weighted by atomic mass is 79.9. The van der Waals surface area contributed by atoms with E-state index in [0.717, 1.165) is 15.5 Å². The fraction of sp³-hybridized carbons (Fsp3) is 0.0667. The van der Waals surface area contributed by atoms with Gasteiger partial charge in [-0.2, -0.15) is 0 Å². The molecule has 1 heterocycles. The van der Waals surface area contributed by atoms with Crippen molar-refractivity contribution in [3.05, 3.63) is 52.5 Å². The van der Waals surface area contributed by atoms with Gasteiger partial charge < -0.3 is 9.67 Å². The second-order valence-corrected chi connectivity index (χ2v) is 5.39. The van der Waals surface area contributed by atoms with Gasteiger partial charge in [-0.3, -0.25) is 0 Å². The van der Waals surface area contributed by atoms with Crippen molar-refractivity contribution in [3.63, 3.8) is 0 Å². The lowest BCUT2D eigenvalue weighted by Gasteiger charge is -2.05. The van der Waals surface area contributed by atoms with Crippen LogP contribution in [-0.4, -0.2) is 20.6 Å². The van der Waals surface area contributed by atoms with Crippen LogP contribution in [0.5, 0.6) is 0 Å². The van der Waals surface area contributed by atoms with Crippen molar-refractivity contribution < 1.29 is 9.90 Å². The molecule has 5 heteroatoms. The second kappa shape index (κ2) is 4.76. The van der Waals surface area contributed by atoms with Crippen LogP contribution in [0.1, 0.15) is 10.4 Å². The van der Waals surface area contributed by atoms with E-state index in [4.69, 9.17) is 0 Å². The van der Waals surface area contributed by atoms with Gasteiger partial charge in [0.05, 0.1) is 16.6 Å². The number of imidazole rings is 1. The third kappa shape index (κ3) is 2.00. The Hall–Kier alpha value is -2.14. The van der Waals surface area contributed by atoms with Crippen molar-refractivity contribution in [3.8, 4) is 11.4 Å². The van der Waals surface area contributed by atoms with Crippen molar-refractivity contribution in [2.24, 2.45) is 7.05 Å². The average Bonchev–Trinajstić information content (AvgIpc) is 2.75. The molecule has 0 fully saturated rings. The van der Waals surface area contributed by atoms with Gasteiger partial charge in [-0.1, -0.05) is 34.1 Å². The van der Waals surface area contributed by atoms with Gasteiger partial charge in [0.15, 0.2) is 0 Å². The Morgan fingerprint density at radius 2 is 2.00 bits per heavy atom. The van der Waals surface area contributed by atoms with E-state index in [0.29, 0.717) is 11.4 Å². The van der Waals surface area contributed by atoms with Crippen LogP contribution in [0, 0.1) is 0 Å². The molecule has 0 amide bonds. The standard InChI is InChI=1S/C15H11BrN2O2/c1-18-13-7-6-9(16)8-12(13)17-14(18)10-4-2-3-5-11(10)15(19)20/h2-8H,1H3,(H,19,20). The number of nitrogens with zero attached hydrogens (tertiary/aromatic N) is 2. The molecule has 1 N–H and O–H groups in total. The predicted octanol–water partition coefficient (Wildman–Crippen LogP) is 3.70. The van der Waals surface area contributed by atoms with Crippen molar-refractivity contribution in [2.75, 3.05) is 0 Å². The van der Waals surface area contributed by atoms with Crippen LogP contribution in [0.15, 0.2) is 46.9 Å². The summed E-state index contributed by atoms with van der Waals surface area (Å²) in [6.07, 6.45) is 0. The molecule has 0 spiro atoms. The number of hydrogen-bond acceptors (Lipinski definition) is 2. The highest BCUT2D eigenvalue weighted by Gasteiger charge is 2.16. The first-order valence-electron chi connectivity index (χ1n) is 6.02. The van der Waals surface area contributed by atoms with Gasteiger partial charge in [-0.15, -0.1) is 0 Å². The minimum absolute atomic E-state index is 0.255. The summed E-state index contributed by atoms with van der Waals surface area (Å²) < 4.78 is 2.85. The number of benzene rings is 2. The number of hydrogen-bond donors (Lipinski definition) is 1. The zero-order valence-corrected chi connectivity index (χ0v) is 12.3. The molecule has 0 radical (unpaired) electrons. The van der Waals surface area contributed by atoms with Crippen LogP contribution in [0.25, 0.3) is 22.4 Å². The summed E-state index contributed by atoms with van der Waals surface area (Å²) in [6, 6.07) is 12.7. The number of halogens is 1. The molecule has 0 bridgehead atoms. The first kappa shape index (κ1) is 12.9. The fourth-order valence-electron chi connectivity index (χ4n) is 2.28. The highest BCUT2D eigenvalue weighted by molar-refractivity contribution is 9.10. The predicted molar refractivity (Wildman–Crippen MR) is 80.8 cm³/mol. The molecule has 0 unspecified atom stereocenters. The molecule has 4 nitrogen and oxygen atoms in total. The first-order chi connectivity index (χ1) is 9.58. The highest BCUT2D eigenvalue weighted by Crippen LogP contribution is 2.28. The maximum absolute atomic E-state index is 11.3. The lowest BCUT2D eigenvalue weighted by Crippen LogP contribution is -2.02. The Labute approximate surface area is 123 Å². The molecular weight excluding hydrogens is 320 g/mol. The summed E-state index contributed by atoms with van der Waals surface area (Å²) in [6.45, 7) is 0. The molecule has 0 aliphatic carbocycles. The number of rotatable bonds is 2. The van der Waals surface area contributed by atoms with Crippen LogP contribution in [0.2, 0.25) is 0 Å². The van der Waals surface area contributed by atoms with E-state index >= 15 is 0 Å². The van der Waals surface area contributed by atoms with Gasteiger partial charge in [0, 0.05) is 17.1 Å². The smallest absolute Gasteiger partial charge is 0.336 e. The Morgan fingerprint density at radius 3 is 2.75 bits per heavy atom. The number of aromatic nitrogens is 2. The summed E-state index contributed by atoms with van der Waals surface area (Å²) >= 11 is 3.42. The zero-order valence-electron chi connectivity index (χ0n) is 10.7. The molecule has 0 saturated carbocycles. The van der Waals surface area contributed by atoms with E-state index in [-0.39, 0.29) is 5.56 Å². The molecule has 100 valence electrons. The van der Waals surface area contributed by atoms with Crippen LogP contribution in [0.4, 0.5) is 0 Å². The quantitative estimate of drug-likeness (QED) is 0.779. The summed E-state index contributed by atoms with van der Waals surface area (Å²) in [5, 5.41) is 9.29. The van der Waals surface area contributed by atoms with E-state index in [1.165, 1.54) is 0 Å². The monoisotopic (exact) mass is 330 g/mol. The van der Waals surface area contributed by atoms with Crippen molar-refractivity contribution in [1.82, 2.24) is 9.55 Å². The molecule has 0 atom stereocenters. The van der Waals surface area contributed by atoms with Gasteiger partial charge in [0.25, 0.3) is 0 Å². The number of carboxylic acids is 1. The van der Waals surface area contributed by atoms with Gasteiger partial charge in [-0.25, -0.2) is 9.78 Å².